The van der Waals surface area contributed by atoms with Crippen LogP contribution in [0.25, 0.3) is 0 Å². The Hall–Kier alpha value is -2.30. The number of carbonyl (C=O) groups is 2. The van der Waals surface area contributed by atoms with Gasteiger partial charge in [0.1, 0.15) is 0 Å². The fourth-order valence-electron chi connectivity index (χ4n) is 3.86. The summed E-state index contributed by atoms with van der Waals surface area (Å²) >= 11 is 1.39. The molecular weight excluding hydrogens is 424 g/mol. The number of anilines is 2. The Bertz CT molecular complexity index is 1050. The molecule has 0 saturated carbocycles. The monoisotopic (exact) mass is 448 g/mol. The van der Waals surface area contributed by atoms with Crippen molar-refractivity contribution in [2.24, 2.45) is 5.92 Å². The van der Waals surface area contributed by atoms with Gasteiger partial charge in [-0.2, -0.15) is 4.31 Å². The minimum Gasteiger partial charge on any atom is -0.312 e. The molecular formula is C20H24N4O4S2. The van der Waals surface area contributed by atoms with Crippen LogP contribution in [0.15, 0.2) is 35.4 Å². The molecule has 2 saturated heterocycles. The van der Waals surface area contributed by atoms with Crippen LogP contribution >= 0.6 is 11.3 Å². The second kappa shape index (κ2) is 8.44. The summed E-state index contributed by atoms with van der Waals surface area (Å²) in [4.78, 5) is 31.5. The Labute approximate surface area is 180 Å². The first-order chi connectivity index (χ1) is 14.3. The van der Waals surface area contributed by atoms with Crippen LogP contribution < -0.4 is 10.2 Å². The number of rotatable bonds is 5. The third-order valence-corrected chi connectivity index (χ3v) is 8.17. The summed E-state index contributed by atoms with van der Waals surface area (Å²) in [7, 11) is -3.71. The van der Waals surface area contributed by atoms with Gasteiger partial charge in [-0.1, -0.05) is 0 Å². The fraction of sp³-hybridized carbons (Fsp3) is 0.450. The van der Waals surface area contributed by atoms with Gasteiger partial charge in [0, 0.05) is 42.8 Å². The summed E-state index contributed by atoms with van der Waals surface area (Å²) in [6.45, 7) is 3.10. The van der Waals surface area contributed by atoms with Gasteiger partial charge in [0.15, 0.2) is 5.13 Å². The summed E-state index contributed by atoms with van der Waals surface area (Å²) < 4.78 is 27.6. The van der Waals surface area contributed by atoms with Crippen molar-refractivity contribution >= 4 is 44.0 Å². The van der Waals surface area contributed by atoms with E-state index < -0.39 is 15.9 Å². The van der Waals surface area contributed by atoms with E-state index in [4.69, 9.17) is 0 Å². The van der Waals surface area contributed by atoms with E-state index in [0.29, 0.717) is 43.2 Å². The van der Waals surface area contributed by atoms with Crippen molar-refractivity contribution in [1.29, 1.82) is 0 Å². The molecule has 2 aliphatic heterocycles. The lowest BCUT2D eigenvalue weighted by Crippen LogP contribution is -2.43. The molecule has 0 radical (unpaired) electrons. The van der Waals surface area contributed by atoms with Crippen molar-refractivity contribution in [3.63, 3.8) is 0 Å². The quantitative estimate of drug-likeness (QED) is 0.758. The largest absolute Gasteiger partial charge is 0.312 e. The van der Waals surface area contributed by atoms with Gasteiger partial charge >= 0.3 is 0 Å². The fourth-order valence-corrected chi connectivity index (χ4v) is 6.05. The van der Waals surface area contributed by atoms with E-state index in [1.54, 1.807) is 23.2 Å². The summed E-state index contributed by atoms with van der Waals surface area (Å²) in [5.41, 5.74) is 0.714. The third kappa shape index (κ3) is 4.26. The maximum absolute atomic E-state index is 13.1. The SMILES string of the molecule is Cc1cnc(NC(=O)[C@@H]2CCCN(S(=O)(=O)c3ccc(N4CCCC4=O)cc3)C2)s1. The standard InChI is InChI=1S/C20H24N4O4S2/c1-14-12-21-20(29-14)22-19(26)15-4-2-10-23(13-15)30(27,28)17-8-6-16(7-9-17)24-11-3-5-18(24)25/h6-9,12,15H,2-5,10-11,13H2,1H3,(H,21,22,26)/t15-/m1/s1. The zero-order valence-corrected chi connectivity index (χ0v) is 18.3. The number of hydrogen-bond acceptors (Lipinski definition) is 6. The van der Waals surface area contributed by atoms with Crippen LogP contribution in [0.2, 0.25) is 0 Å². The molecule has 30 heavy (non-hydrogen) atoms. The number of amides is 2. The highest BCUT2D eigenvalue weighted by Crippen LogP contribution is 2.28. The highest BCUT2D eigenvalue weighted by Gasteiger charge is 2.34. The van der Waals surface area contributed by atoms with Crippen molar-refractivity contribution in [2.45, 2.75) is 37.5 Å². The minimum atomic E-state index is -3.71. The van der Waals surface area contributed by atoms with Gasteiger partial charge < -0.3 is 10.2 Å². The number of aryl methyl sites for hydroxylation is 1. The molecule has 160 valence electrons. The van der Waals surface area contributed by atoms with Crippen LogP contribution in [0, 0.1) is 12.8 Å². The lowest BCUT2D eigenvalue weighted by atomic mass is 9.99. The number of aromatic nitrogens is 1. The number of thiazole rings is 1. The molecule has 0 aliphatic carbocycles. The normalized spacial score (nSPS) is 20.5. The van der Waals surface area contributed by atoms with E-state index >= 15 is 0 Å². The van der Waals surface area contributed by atoms with Crippen LogP contribution in [0.5, 0.6) is 0 Å². The van der Waals surface area contributed by atoms with Gasteiger partial charge in [0.05, 0.1) is 10.8 Å². The van der Waals surface area contributed by atoms with Gasteiger partial charge in [0.25, 0.3) is 0 Å². The molecule has 2 amide bonds. The van der Waals surface area contributed by atoms with E-state index in [0.717, 1.165) is 11.3 Å². The number of sulfonamides is 1. The Balaban J connectivity index is 1.45. The summed E-state index contributed by atoms with van der Waals surface area (Å²) in [6, 6.07) is 6.43. The van der Waals surface area contributed by atoms with Crippen LogP contribution in [-0.4, -0.2) is 49.2 Å². The number of nitrogens with zero attached hydrogens (tertiary/aromatic N) is 3. The zero-order valence-electron chi connectivity index (χ0n) is 16.7. The van der Waals surface area contributed by atoms with E-state index in [9.17, 15) is 18.0 Å². The lowest BCUT2D eigenvalue weighted by molar-refractivity contribution is -0.121. The Morgan fingerprint density at radius 3 is 2.60 bits per heavy atom. The van der Waals surface area contributed by atoms with Crippen molar-refractivity contribution in [2.75, 3.05) is 29.9 Å². The number of nitrogens with one attached hydrogen (secondary N) is 1. The molecule has 0 bridgehead atoms. The number of hydrogen-bond donors (Lipinski definition) is 1. The molecule has 4 rings (SSSR count). The van der Waals surface area contributed by atoms with Crippen LogP contribution in [-0.2, 0) is 19.6 Å². The predicted molar refractivity (Wildman–Crippen MR) is 115 cm³/mol. The van der Waals surface area contributed by atoms with Crippen molar-refractivity contribution in [3.8, 4) is 0 Å². The number of benzene rings is 1. The van der Waals surface area contributed by atoms with Gasteiger partial charge in [-0.25, -0.2) is 13.4 Å². The van der Waals surface area contributed by atoms with Gasteiger partial charge in [-0.3, -0.25) is 9.59 Å². The van der Waals surface area contributed by atoms with Gasteiger partial charge in [0.2, 0.25) is 21.8 Å². The predicted octanol–water partition coefficient (Wildman–Crippen LogP) is 2.62. The molecule has 0 spiro atoms. The molecule has 2 aliphatic rings. The van der Waals surface area contributed by atoms with Gasteiger partial charge in [-0.05, 0) is 50.5 Å². The Morgan fingerprint density at radius 1 is 1.20 bits per heavy atom. The average Bonchev–Trinajstić information content (AvgIpc) is 3.36. The first-order valence-electron chi connectivity index (χ1n) is 9.98. The van der Waals surface area contributed by atoms with E-state index in [1.165, 1.54) is 27.8 Å². The molecule has 1 aromatic carbocycles. The zero-order chi connectivity index (χ0) is 21.3. The molecule has 1 N–H and O–H groups in total. The average molecular weight is 449 g/mol. The third-order valence-electron chi connectivity index (χ3n) is 5.47. The highest BCUT2D eigenvalue weighted by atomic mass is 32.2. The second-order valence-corrected chi connectivity index (χ2v) is 10.8. The van der Waals surface area contributed by atoms with Crippen molar-refractivity contribution in [1.82, 2.24) is 9.29 Å². The van der Waals surface area contributed by atoms with Crippen LogP contribution in [0.3, 0.4) is 0 Å². The molecule has 10 heteroatoms. The topological polar surface area (TPSA) is 99.7 Å². The van der Waals surface area contributed by atoms with Crippen LogP contribution in [0.1, 0.15) is 30.6 Å². The van der Waals surface area contributed by atoms with Crippen molar-refractivity contribution < 1.29 is 18.0 Å². The molecule has 2 aromatic rings. The minimum absolute atomic E-state index is 0.0610. The number of carbonyl (C=O) groups excluding carboxylic acids is 2. The van der Waals surface area contributed by atoms with E-state index in [1.807, 2.05) is 6.92 Å². The first-order valence-corrected chi connectivity index (χ1v) is 12.2. The molecule has 2 fully saturated rings. The Morgan fingerprint density at radius 2 is 1.97 bits per heavy atom. The Kier molecular flexibility index (Phi) is 5.90. The van der Waals surface area contributed by atoms with Gasteiger partial charge in [-0.15, -0.1) is 11.3 Å². The molecule has 0 unspecified atom stereocenters. The molecule has 3 heterocycles. The summed E-state index contributed by atoms with van der Waals surface area (Å²) in [5, 5.41) is 3.33. The lowest BCUT2D eigenvalue weighted by Gasteiger charge is -2.31. The highest BCUT2D eigenvalue weighted by molar-refractivity contribution is 7.89. The van der Waals surface area contributed by atoms with Crippen molar-refractivity contribution in [3.05, 3.63) is 35.3 Å². The number of piperidine rings is 1. The van der Waals surface area contributed by atoms with Crippen LogP contribution in [0.4, 0.5) is 10.8 Å². The molecule has 8 nitrogen and oxygen atoms in total. The molecule has 1 atom stereocenters. The summed E-state index contributed by atoms with van der Waals surface area (Å²) in [6.07, 6.45) is 4.29. The second-order valence-electron chi connectivity index (χ2n) is 7.61. The molecule has 1 aromatic heterocycles. The smallest absolute Gasteiger partial charge is 0.243 e. The maximum atomic E-state index is 13.1. The van der Waals surface area contributed by atoms with E-state index in [2.05, 4.69) is 10.3 Å². The summed E-state index contributed by atoms with van der Waals surface area (Å²) in [5.74, 6) is -0.558. The maximum Gasteiger partial charge on any atom is 0.243 e. The van der Waals surface area contributed by atoms with E-state index in [-0.39, 0.29) is 23.3 Å². The first kappa shape index (κ1) is 21.0.